The number of hydrogen-bond donors (Lipinski definition) is 1. The summed E-state index contributed by atoms with van der Waals surface area (Å²) in [6.45, 7) is 1.82. The lowest BCUT2D eigenvalue weighted by Gasteiger charge is -2.35. The highest BCUT2D eigenvalue weighted by Crippen LogP contribution is 2.56. The predicted octanol–water partition coefficient (Wildman–Crippen LogP) is 1.81. The van der Waals surface area contributed by atoms with Crippen molar-refractivity contribution in [1.29, 1.82) is 0 Å². The van der Waals surface area contributed by atoms with E-state index in [9.17, 15) is 14.4 Å². The van der Waals surface area contributed by atoms with E-state index >= 15 is 0 Å². The number of rotatable bonds is 5. The minimum atomic E-state index is -1.01. The van der Waals surface area contributed by atoms with Crippen molar-refractivity contribution in [3.05, 3.63) is 59.7 Å². The van der Waals surface area contributed by atoms with E-state index in [1.165, 1.54) is 0 Å². The first-order chi connectivity index (χ1) is 17.6. The van der Waals surface area contributed by atoms with Crippen LogP contribution in [0.3, 0.4) is 0 Å². The largest absolute Gasteiger partial charge is 0.494 e. The molecule has 0 aromatic heterocycles. The van der Waals surface area contributed by atoms with Crippen LogP contribution in [-0.4, -0.2) is 75.8 Å². The molecule has 1 N–H and O–H groups in total. The Morgan fingerprint density at radius 2 is 2.03 bits per heavy atom. The molecule has 9 nitrogen and oxygen atoms in total. The lowest BCUT2D eigenvalue weighted by atomic mass is 9.72. The van der Waals surface area contributed by atoms with Crippen LogP contribution in [0, 0.1) is 0 Å². The van der Waals surface area contributed by atoms with E-state index in [2.05, 4.69) is 5.32 Å². The van der Waals surface area contributed by atoms with Crippen molar-refractivity contribution in [2.75, 3.05) is 58.1 Å². The third kappa shape index (κ3) is 4.22. The fourth-order valence-corrected chi connectivity index (χ4v) is 5.62. The van der Waals surface area contributed by atoms with Gasteiger partial charge in [0.05, 0.1) is 25.9 Å². The Morgan fingerprint density at radius 3 is 2.89 bits per heavy atom. The average Bonchev–Trinajstić information content (AvgIpc) is 3.39. The number of hydrogen-bond acceptors (Lipinski definition) is 6. The summed E-state index contributed by atoms with van der Waals surface area (Å²) in [5, 5.41) is 2.89. The van der Waals surface area contributed by atoms with Crippen LogP contribution in [-0.2, 0) is 29.3 Å². The van der Waals surface area contributed by atoms with E-state index in [-0.39, 0.29) is 30.9 Å². The number of carbonyl (C=O) groups excluding carboxylic acids is 3. The summed E-state index contributed by atoms with van der Waals surface area (Å²) in [7, 11) is 1.58. The summed E-state index contributed by atoms with van der Waals surface area (Å²) in [5.41, 5.74) is 1.36. The van der Waals surface area contributed by atoms with Gasteiger partial charge >= 0.3 is 0 Å². The number of nitrogens with one attached hydrogen (secondary N) is 1. The molecule has 1 saturated heterocycles. The van der Waals surface area contributed by atoms with E-state index in [0.717, 1.165) is 16.8 Å². The highest BCUT2D eigenvalue weighted by molar-refractivity contribution is 6.12. The minimum absolute atomic E-state index is 0.0702. The molecule has 190 valence electrons. The lowest BCUT2D eigenvalue weighted by molar-refractivity contribution is -0.139. The Labute approximate surface area is 210 Å². The second-order valence-electron chi connectivity index (χ2n) is 9.29. The number of para-hydroxylation sites is 1. The van der Waals surface area contributed by atoms with Gasteiger partial charge in [-0.2, -0.15) is 0 Å². The first-order valence-corrected chi connectivity index (χ1v) is 12.3. The number of ether oxygens (including phenoxy) is 3. The molecule has 3 heterocycles. The molecule has 1 fully saturated rings. The SMILES string of the molecule is COCCOCC(=O)N1CC[C@]23C(=O)N(CC(=O)NCCCOc4cccc(c4)[C@H]12)c1ccccc13. The molecule has 2 aromatic rings. The average molecular weight is 494 g/mol. The molecular weight excluding hydrogens is 462 g/mol. The second kappa shape index (κ2) is 10.3. The van der Waals surface area contributed by atoms with E-state index in [4.69, 9.17) is 14.2 Å². The van der Waals surface area contributed by atoms with Crippen LogP contribution >= 0.6 is 0 Å². The lowest BCUT2D eigenvalue weighted by Crippen LogP contribution is -2.48. The fourth-order valence-electron chi connectivity index (χ4n) is 5.62. The van der Waals surface area contributed by atoms with Gasteiger partial charge in [0.1, 0.15) is 24.3 Å². The highest BCUT2D eigenvalue weighted by Gasteiger charge is 2.61. The third-order valence-corrected chi connectivity index (χ3v) is 7.19. The van der Waals surface area contributed by atoms with E-state index < -0.39 is 11.5 Å². The summed E-state index contributed by atoms with van der Waals surface area (Å²) in [5.74, 6) is 0.0850. The molecule has 9 heteroatoms. The number of likely N-dealkylation sites (tertiary alicyclic amines) is 1. The number of methoxy groups -OCH3 is 1. The Morgan fingerprint density at radius 1 is 1.17 bits per heavy atom. The van der Waals surface area contributed by atoms with Gasteiger partial charge in [0.2, 0.25) is 17.7 Å². The van der Waals surface area contributed by atoms with Crippen LogP contribution in [0.15, 0.2) is 48.5 Å². The Balaban J connectivity index is 1.61. The van der Waals surface area contributed by atoms with Crippen LogP contribution in [0.5, 0.6) is 5.75 Å². The molecule has 4 bridgehead atoms. The number of fused-ring (bicyclic) bond motifs is 6. The zero-order valence-electron chi connectivity index (χ0n) is 20.4. The van der Waals surface area contributed by atoms with Gasteiger partial charge in [0, 0.05) is 25.9 Å². The van der Waals surface area contributed by atoms with Crippen molar-refractivity contribution in [2.24, 2.45) is 0 Å². The third-order valence-electron chi connectivity index (χ3n) is 7.19. The van der Waals surface area contributed by atoms with Gasteiger partial charge < -0.3 is 29.3 Å². The summed E-state index contributed by atoms with van der Waals surface area (Å²) >= 11 is 0. The molecule has 36 heavy (non-hydrogen) atoms. The fraction of sp³-hybridized carbons (Fsp3) is 0.444. The van der Waals surface area contributed by atoms with Gasteiger partial charge in [-0.05, 0) is 42.2 Å². The Hall–Kier alpha value is -3.43. The minimum Gasteiger partial charge on any atom is -0.494 e. The molecule has 3 amide bonds. The van der Waals surface area contributed by atoms with Crippen molar-refractivity contribution < 1.29 is 28.6 Å². The number of amides is 3. The van der Waals surface area contributed by atoms with Crippen LogP contribution in [0.4, 0.5) is 5.69 Å². The van der Waals surface area contributed by atoms with E-state index in [0.29, 0.717) is 51.5 Å². The maximum Gasteiger partial charge on any atom is 0.249 e. The summed E-state index contributed by atoms with van der Waals surface area (Å²) in [4.78, 5) is 43.8. The maximum atomic E-state index is 14.3. The molecule has 3 aliphatic rings. The first-order valence-electron chi connectivity index (χ1n) is 12.3. The molecule has 0 aliphatic carbocycles. The molecular formula is C27H31N3O6. The number of carbonyl (C=O) groups is 3. The van der Waals surface area contributed by atoms with Crippen molar-refractivity contribution in [1.82, 2.24) is 10.2 Å². The monoisotopic (exact) mass is 493 g/mol. The molecule has 1 spiro atoms. The molecule has 5 rings (SSSR count). The molecule has 2 aromatic carbocycles. The summed E-state index contributed by atoms with van der Waals surface area (Å²) in [6, 6.07) is 14.7. The summed E-state index contributed by atoms with van der Waals surface area (Å²) < 4.78 is 16.5. The topological polar surface area (TPSA) is 97.4 Å². The highest BCUT2D eigenvalue weighted by atomic mass is 16.5. The molecule has 3 aliphatic heterocycles. The van der Waals surface area contributed by atoms with Crippen molar-refractivity contribution in [3.63, 3.8) is 0 Å². The molecule has 0 saturated carbocycles. The van der Waals surface area contributed by atoms with Crippen molar-refractivity contribution in [3.8, 4) is 5.75 Å². The maximum absolute atomic E-state index is 14.3. The number of anilines is 1. The van der Waals surface area contributed by atoms with Gasteiger partial charge in [-0.1, -0.05) is 30.3 Å². The first kappa shape index (κ1) is 24.3. The number of nitrogens with zero attached hydrogens (tertiary/aromatic N) is 2. The second-order valence-corrected chi connectivity index (χ2v) is 9.29. The summed E-state index contributed by atoms with van der Waals surface area (Å²) in [6.07, 6.45) is 1.08. The molecule has 0 radical (unpaired) electrons. The van der Waals surface area contributed by atoms with Crippen LogP contribution in [0.1, 0.15) is 30.0 Å². The molecule has 0 unspecified atom stereocenters. The normalized spacial score (nSPS) is 23.4. The van der Waals surface area contributed by atoms with Gasteiger partial charge in [-0.15, -0.1) is 0 Å². The van der Waals surface area contributed by atoms with Crippen LogP contribution < -0.4 is 15.0 Å². The van der Waals surface area contributed by atoms with Crippen molar-refractivity contribution >= 4 is 23.4 Å². The van der Waals surface area contributed by atoms with Crippen molar-refractivity contribution in [2.45, 2.75) is 24.3 Å². The Kier molecular flexibility index (Phi) is 6.93. The Bertz CT molecular complexity index is 1150. The molecule has 2 atom stereocenters. The quantitative estimate of drug-likeness (QED) is 0.638. The smallest absolute Gasteiger partial charge is 0.249 e. The van der Waals surface area contributed by atoms with E-state index in [1.54, 1.807) is 16.9 Å². The van der Waals surface area contributed by atoms with Crippen LogP contribution in [0.2, 0.25) is 0 Å². The zero-order chi connectivity index (χ0) is 25.1. The van der Waals surface area contributed by atoms with E-state index in [1.807, 2.05) is 48.5 Å². The predicted molar refractivity (Wildman–Crippen MR) is 132 cm³/mol. The van der Waals surface area contributed by atoms with Crippen LogP contribution in [0.25, 0.3) is 0 Å². The zero-order valence-corrected chi connectivity index (χ0v) is 20.4. The van der Waals surface area contributed by atoms with Gasteiger partial charge in [-0.3, -0.25) is 14.4 Å². The standard InChI is InChI=1S/C27H31N3O6/c1-34-14-15-35-18-24(32)29-12-10-27-21-8-2-3-9-22(21)30(26(27)33)17-23(31)28-11-5-13-36-20-7-4-6-19(16-20)25(27)29/h2-4,6-9,16,25H,5,10-15,17-18H2,1H3,(H,28,31)/t25-,27+/m0/s1. The van der Waals surface area contributed by atoms with Gasteiger partial charge in [0.25, 0.3) is 0 Å². The van der Waals surface area contributed by atoms with Gasteiger partial charge in [-0.25, -0.2) is 0 Å². The van der Waals surface area contributed by atoms with Gasteiger partial charge in [0.15, 0.2) is 0 Å². The number of benzene rings is 2.